The molecule has 1 aliphatic carbocycles. The van der Waals surface area contributed by atoms with Crippen molar-refractivity contribution in [2.24, 2.45) is 11.7 Å². The van der Waals surface area contributed by atoms with Crippen molar-refractivity contribution in [3.05, 3.63) is 0 Å². The zero-order chi connectivity index (χ0) is 10.8. The lowest BCUT2D eigenvalue weighted by molar-refractivity contribution is 0.0737. The van der Waals surface area contributed by atoms with E-state index in [1.807, 2.05) is 0 Å². The average molecular weight is 210 g/mol. The Morgan fingerprint density at radius 3 is 2.73 bits per heavy atom. The quantitative estimate of drug-likeness (QED) is 0.758. The van der Waals surface area contributed by atoms with Gasteiger partial charge >= 0.3 is 0 Å². The van der Waals surface area contributed by atoms with Crippen LogP contribution in [0.5, 0.6) is 0 Å². The molecule has 2 nitrogen and oxygen atoms in total. The molecule has 2 rings (SSSR count). The van der Waals surface area contributed by atoms with Gasteiger partial charge in [-0.15, -0.1) is 0 Å². The van der Waals surface area contributed by atoms with Crippen LogP contribution in [0.3, 0.4) is 0 Å². The summed E-state index contributed by atoms with van der Waals surface area (Å²) in [6.07, 6.45) is 8.09. The molecule has 0 aromatic heterocycles. The second-order valence-corrected chi connectivity index (χ2v) is 5.54. The van der Waals surface area contributed by atoms with Crippen LogP contribution in [0.1, 0.15) is 52.4 Å². The van der Waals surface area contributed by atoms with Crippen LogP contribution < -0.4 is 5.73 Å². The molecule has 1 saturated heterocycles. The number of likely N-dealkylation sites (tertiary alicyclic amines) is 1. The van der Waals surface area contributed by atoms with Crippen LogP contribution in [0.15, 0.2) is 0 Å². The van der Waals surface area contributed by atoms with Gasteiger partial charge in [0.05, 0.1) is 0 Å². The minimum atomic E-state index is 0.456. The van der Waals surface area contributed by atoms with Gasteiger partial charge in [-0.1, -0.05) is 19.8 Å². The Bertz CT molecular complexity index is 205. The Kier molecular flexibility index (Phi) is 3.68. The molecule has 1 heterocycles. The molecular weight excluding hydrogens is 184 g/mol. The fraction of sp³-hybridized carbons (Fsp3) is 1.00. The molecule has 1 aliphatic heterocycles. The first-order valence-corrected chi connectivity index (χ1v) is 6.73. The van der Waals surface area contributed by atoms with Gasteiger partial charge in [-0.2, -0.15) is 0 Å². The van der Waals surface area contributed by atoms with E-state index in [1.165, 1.54) is 45.1 Å². The number of hydrogen-bond acceptors (Lipinski definition) is 2. The van der Waals surface area contributed by atoms with E-state index in [2.05, 4.69) is 18.7 Å². The van der Waals surface area contributed by atoms with E-state index >= 15 is 0 Å². The topological polar surface area (TPSA) is 29.3 Å². The van der Waals surface area contributed by atoms with E-state index in [9.17, 15) is 0 Å². The lowest BCUT2D eigenvalue weighted by Gasteiger charge is -2.42. The molecule has 0 bridgehead atoms. The highest BCUT2D eigenvalue weighted by atomic mass is 15.2. The third kappa shape index (κ3) is 2.36. The standard InChI is InChI=1S/C13H26N2/c1-3-11-5-4-6-13(11)15-8-7-12(14)9-10(15)2/h10-13H,3-9,14H2,1-2H3. The van der Waals surface area contributed by atoms with Gasteiger partial charge in [0.2, 0.25) is 0 Å². The van der Waals surface area contributed by atoms with E-state index in [1.54, 1.807) is 0 Å². The number of piperidine rings is 1. The van der Waals surface area contributed by atoms with Gasteiger partial charge < -0.3 is 5.73 Å². The predicted molar refractivity (Wildman–Crippen MR) is 64.8 cm³/mol. The number of hydrogen-bond donors (Lipinski definition) is 1. The summed E-state index contributed by atoms with van der Waals surface area (Å²) in [4.78, 5) is 2.75. The predicted octanol–water partition coefficient (Wildman–Crippen LogP) is 2.38. The molecule has 15 heavy (non-hydrogen) atoms. The van der Waals surface area contributed by atoms with Crippen molar-refractivity contribution in [1.29, 1.82) is 0 Å². The molecule has 0 radical (unpaired) electrons. The van der Waals surface area contributed by atoms with Crippen LogP contribution in [-0.2, 0) is 0 Å². The number of nitrogens with two attached hydrogens (primary N) is 1. The van der Waals surface area contributed by atoms with E-state index in [-0.39, 0.29) is 0 Å². The second-order valence-electron chi connectivity index (χ2n) is 5.54. The number of nitrogens with zero attached hydrogens (tertiary/aromatic N) is 1. The molecular formula is C13H26N2. The summed E-state index contributed by atoms with van der Waals surface area (Å²) in [5, 5.41) is 0. The maximum Gasteiger partial charge on any atom is 0.0126 e. The third-order valence-corrected chi connectivity index (χ3v) is 4.54. The zero-order valence-corrected chi connectivity index (χ0v) is 10.3. The lowest BCUT2D eigenvalue weighted by Crippen LogP contribution is -2.51. The monoisotopic (exact) mass is 210 g/mol. The van der Waals surface area contributed by atoms with Crippen molar-refractivity contribution in [2.45, 2.75) is 70.5 Å². The highest BCUT2D eigenvalue weighted by Gasteiger charge is 2.35. The summed E-state index contributed by atoms with van der Waals surface area (Å²) in [5.74, 6) is 0.960. The fourth-order valence-electron chi connectivity index (χ4n) is 3.65. The Labute approximate surface area is 94.2 Å². The minimum absolute atomic E-state index is 0.456. The molecule has 88 valence electrons. The van der Waals surface area contributed by atoms with E-state index in [0.717, 1.165) is 12.0 Å². The van der Waals surface area contributed by atoms with Crippen LogP contribution >= 0.6 is 0 Å². The van der Waals surface area contributed by atoms with E-state index < -0.39 is 0 Å². The van der Waals surface area contributed by atoms with E-state index in [4.69, 9.17) is 5.73 Å². The molecule has 4 atom stereocenters. The smallest absolute Gasteiger partial charge is 0.0126 e. The largest absolute Gasteiger partial charge is 0.328 e. The van der Waals surface area contributed by atoms with Gasteiger partial charge in [0, 0.05) is 24.7 Å². The van der Waals surface area contributed by atoms with Crippen LogP contribution in [0.25, 0.3) is 0 Å². The molecule has 0 aromatic rings. The Hall–Kier alpha value is -0.0800. The maximum atomic E-state index is 6.03. The van der Waals surface area contributed by atoms with Crippen molar-refractivity contribution in [3.63, 3.8) is 0 Å². The summed E-state index contributed by atoms with van der Waals surface area (Å²) >= 11 is 0. The highest BCUT2D eigenvalue weighted by molar-refractivity contribution is 4.91. The lowest BCUT2D eigenvalue weighted by atomic mass is 9.92. The third-order valence-electron chi connectivity index (χ3n) is 4.54. The molecule has 0 aromatic carbocycles. The molecule has 2 aliphatic rings. The molecule has 1 saturated carbocycles. The maximum absolute atomic E-state index is 6.03. The Morgan fingerprint density at radius 1 is 1.27 bits per heavy atom. The van der Waals surface area contributed by atoms with Gasteiger partial charge in [0.25, 0.3) is 0 Å². The Morgan fingerprint density at radius 2 is 2.07 bits per heavy atom. The highest BCUT2D eigenvalue weighted by Crippen LogP contribution is 2.35. The second kappa shape index (κ2) is 4.84. The van der Waals surface area contributed by atoms with Crippen LogP contribution in [-0.4, -0.2) is 29.6 Å². The first-order chi connectivity index (χ1) is 7.22. The van der Waals surface area contributed by atoms with Gasteiger partial charge in [-0.25, -0.2) is 0 Å². The molecule has 0 amide bonds. The van der Waals surface area contributed by atoms with Gasteiger partial charge in [-0.3, -0.25) is 4.90 Å². The van der Waals surface area contributed by atoms with Crippen LogP contribution in [0.2, 0.25) is 0 Å². The summed E-state index contributed by atoms with van der Waals surface area (Å²) in [6.45, 7) is 5.96. The average Bonchev–Trinajstić information content (AvgIpc) is 2.65. The summed E-state index contributed by atoms with van der Waals surface area (Å²) in [5.41, 5.74) is 6.03. The van der Waals surface area contributed by atoms with Crippen molar-refractivity contribution in [1.82, 2.24) is 4.90 Å². The van der Waals surface area contributed by atoms with Crippen LogP contribution in [0, 0.1) is 5.92 Å². The normalized spacial score (nSPS) is 43.4. The van der Waals surface area contributed by atoms with E-state index in [0.29, 0.717) is 12.1 Å². The fourth-order valence-corrected chi connectivity index (χ4v) is 3.65. The van der Waals surface area contributed by atoms with Crippen molar-refractivity contribution >= 4 is 0 Å². The van der Waals surface area contributed by atoms with Crippen LogP contribution in [0.4, 0.5) is 0 Å². The Balaban J connectivity index is 1.97. The van der Waals surface area contributed by atoms with Gasteiger partial charge in [0.15, 0.2) is 0 Å². The summed E-state index contributed by atoms with van der Waals surface area (Å²) in [6, 6.07) is 2.04. The van der Waals surface area contributed by atoms with Gasteiger partial charge in [0.1, 0.15) is 0 Å². The first kappa shape index (κ1) is 11.4. The minimum Gasteiger partial charge on any atom is -0.328 e. The van der Waals surface area contributed by atoms with Crippen molar-refractivity contribution in [2.75, 3.05) is 6.54 Å². The molecule has 4 unspecified atom stereocenters. The SMILES string of the molecule is CCC1CCCC1N1CCC(N)CC1C. The summed E-state index contributed by atoms with van der Waals surface area (Å²) in [7, 11) is 0. The zero-order valence-electron chi connectivity index (χ0n) is 10.3. The summed E-state index contributed by atoms with van der Waals surface area (Å²) < 4.78 is 0. The van der Waals surface area contributed by atoms with Gasteiger partial charge in [-0.05, 0) is 38.5 Å². The molecule has 2 heteroatoms. The number of rotatable bonds is 2. The molecule has 2 N–H and O–H groups in total. The van der Waals surface area contributed by atoms with Crippen molar-refractivity contribution < 1.29 is 0 Å². The molecule has 2 fully saturated rings. The first-order valence-electron chi connectivity index (χ1n) is 6.73. The van der Waals surface area contributed by atoms with Crippen molar-refractivity contribution in [3.8, 4) is 0 Å². The molecule has 0 spiro atoms.